The van der Waals surface area contributed by atoms with E-state index in [4.69, 9.17) is 4.74 Å². The molecule has 0 saturated heterocycles. The van der Waals surface area contributed by atoms with Crippen LogP contribution in [0.25, 0.3) is 27.8 Å². The molecule has 3 aromatic rings. The summed E-state index contributed by atoms with van der Waals surface area (Å²) in [6.45, 7) is 4.57. The predicted octanol–water partition coefficient (Wildman–Crippen LogP) is 11.3. The lowest BCUT2D eigenvalue weighted by Crippen LogP contribution is -2.05. The van der Waals surface area contributed by atoms with Crippen LogP contribution in [0.15, 0.2) is 72.8 Å². The minimum Gasteiger partial charge on any atom is -0.490 e. The van der Waals surface area contributed by atoms with Crippen molar-refractivity contribution >= 4 is 5.57 Å². The van der Waals surface area contributed by atoms with E-state index in [2.05, 4.69) is 32.1 Å². The van der Waals surface area contributed by atoms with E-state index in [0.717, 1.165) is 56.9 Å². The van der Waals surface area contributed by atoms with Gasteiger partial charge in [-0.25, -0.2) is 8.78 Å². The normalized spacial score (nSPS) is 15.4. The van der Waals surface area contributed by atoms with Crippen LogP contribution in [0.3, 0.4) is 0 Å². The molecule has 0 N–H and O–H groups in total. The van der Waals surface area contributed by atoms with Gasteiger partial charge in [0.1, 0.15) is 5.82 Å². The van der Waals surface area contributed by atoms with E-state index in [1.807, 2.05) is 12.1 Å². The third-order valence-corrected chi connectivity index (χ3v) is 7.90. The standard InChI is InChI=1S/C36H41F3O/c1-3-5-7-8-10-24-40-34-23-22-32(35(38)36(34)39)29-18-16-28(17-19-29)31-21-20-30(25-33(31)37)27-14-12-26(13-15-27)11-9-6-4-2/h4,6,14,16-23,25-26H,3,5,7-13,15,24H2,1-2H3/b6-4+. The fourth-order valence-electron chi connectivity index (χ4n) is 5.44. The van der Waals surface area contributed by atoms with E-state index in [1.165, 1.54) is 30.5 Å². The zero-order chi connectivity index (χ0) is 28.3. The van der Waals surface area contributed by atoms with Gasteiger partial charge < -0.3 is 4.74 Å². The van der Waals surface area contributed by atoms with Crippen molar-refractivity contribution in [3.63, 3.8) is 0 Å². The zero-order valence-corrected chi connectivity index (χ0v) is 23.8. The molecular weight excluding hydrogens is 505 g/mol. The maximum atomic E-state index is 15.2. The SMILES string of the molecule is C/C=C/CCC1CC=C(c2ccc(-c3ccc(-c4ccc(OCCCCCCC)c(F)c4F)cc3)c(F)c2)CC1. The second-order valence-electron chi connectivity index (χ2n) is 10.8. The summed E-state index contributed by atoms with van der Waals surface area (Å²) in [5, 5.41) is 0. The van der Waals surface area contributed by atoms with E-state index < -0.39 is 11.6 Å². The Balaban J connectivity index is 1.40. The minimum atomic E-state index is -0.974. The van der Waals surface area contributed by atoms with E-state index in [-0.39, 0.29) is 17.1 Å². The lowest BCUT2D eigenvalue weighted by molar-refractivity contribution is 0.285. The van der Waals surface area contributed by atoms with Gasteiger partial charge in [0.05, 0.1) is 6.61 Å². The summed E-state index contributed by atoms with van der Waals surface area (Å²) in [6, 6.07) is 15.3. The van der Waals surface area contributed by atoms with Crippen molar-refractivity contribution in [1.29, 1.82) is 0 Å². The number of ether oxygens (including phenoxy) is 1. The number of hydrogen-bond acceptors (Lipinski definition) is 1. The van der Waals surface area contributed by atoms with E-state index in [1.54, 1.807) is 30.3 Å². The topological polar surface area (TPSA) is 9.23 Å². The summed E-state index contributed by atoms with van der Waals surface area (Å²) in [5.74, 6) is -1.55. The molecular formula is C36H41F3O. The molecule has 0 fully saturated rings. The number of hydrogen-bond donors (Lipinski definition) is 0. The number of allylic oxidation sites excluding steroid dienone is 4. The molecule has 0 aliphatic heterocycles. The number of unbranched alkanes of at least 4 members (excludes halogenated alkanes) is 4. The average molecular weight is 547 g/mol. The Labute approximate surface area is 237 Å². The second kappa shape index (κ2) is 14.9. The fourth-order valence-corrected chi connectivity index (χ4v) is 5.44. The molecule has 40 heavy (non-hydrogen) atoms. The maximum absolute atomic E-state index is 15.2. The first-order chi connectivity index (χ1) is 19.5. The van der Waals surface area contributed by atoms with Gasteiger partial charge in [-0.15, -0.1) is 0 Å². The largest absolute Gasteiger partial charge is 0.490 e. The highest BCUT2D eigenvalue weighted by molar-refractivity contribution is 5.74. The quantitative estimate of drug-likeness (QED) is 0.153. The average Bonchev–Trinajstić information content (AvgIpc) is 2.98. The molecule has 1 nitrogen and oxygen atoms in total. The Morgan fingerprint density at radius 2 is 1.52 bits per heavy atom. The monoisotopic (exact) mass is 546 g/mol. The fraction of sp³-hybridized carbons (Fsp3) is 0.389. The van der Waals surface area contributed by atoms with Gasteiger partial charge in [0.15, 0.2) is 11.6 Å². The highest BCUT2D eigenvalue weighted by atomic mass is 19.2. The molecule has 0 heterocycles. The molecule has 1 aliphatic rings. The van der Waals surface area contributed by atoms with Crippen LogP contribution in [0.1, 0.15) is 83.6 Å². The van der Waals surface area contributed by atoms with Gasteiger partial charge >= 0.3 is 0 Å². The molecule has 4 rings (SSSR count). The first-order valence-corrected chi connectivity index (χ1v) is 14.8. The number of halogens is 3. The van der Waals surface area contributed by atoms with Crippen LogP contribution < -0.4 is 4.74 Å². The van der Waals surface area contributed by atoms with Crippen LogP contribution in [0, 0.1) is 23.4 Å². The summed E-state index contributed by atoms with van der Waals surface area (Å²) in [6.07, 6.45) is 17.3. The van der Waals surface area contributed by atoms with Crippen molar-refractivity contribution in [2.24, 2.45) is 5.92 Å². The molecule has 3 aromatic carbocycles. The van der Waals surface area contributed by atoms with Gasteiger partial charge in [0.2, 0.25) is 5.82 Å². The predicted molar refractivity (Wildman–Crippen MR) is 161 cm³/mol. The first-order valence-electron chi connectivity index (χ1n) is 14.8. The van der Waals surface area contributed by atoms with E-state index in [0.29, 0.717) is 29.2 Å². The molecule has 1 unspecified atom stereocenters. The number of benzene rings is 3. The molecule has 0 amide bonds. The summed E-state index contributed by atoms with van der Waals surface area (Å²) < 4.78 is 50.3. The highest BCUT2D eigenvalue weighted by Gasteiger charge is 2.18. The number of rotatable bonds is 13. The minimum absolute atomic E-state index is 0.0622. The van der Waals surface area contributed by atoms with Crippen LogP contribution in [0.2, 0.25) is 0 Å². The van der Waals surface area contributed by atoms with Crippen LogP contribution in [0.4, 0.5) is 13.2 Å². The lowest BCUT2D eigenvalue weighted by Gasteiger charge is -2.22. The zero-order valence-electron chi connectivity index (χ0n) is 23.8. The Morgan fingerprint density at radius 3 is 2.20 bits per heavy atom. The van der Waals surface area contributed by atoms with E-state index in [9.17, 15) is 8.78 Å². The van der Waals surface area contributed by atoms with Gasteiger partial charge in [-0.1, -0.05) is 87.2 Å². The Morgan fingerprint density at radius 1 is 0.825 bits per heavy atom. The van der Waals surface area contributed by atoms with Gasteiger partial charge in [-0.3, -0.25) is 0 Å². The highest BCUT2D eigenvalue weighted by Crippen LogP contribution is 2.35. The van der Waals surface area contributed by atoms with E-state index >= 15 is 4.39 Å². The molecule has 0 radical (unpaired) electrons. The molecule has 1 aliphatic carbocycles. The summed E-state index contributed by atoms with van der Waals surface area (Å²) in [4.78, 5) is 0. The van der Waals surface area contributed by atoms with Gasteiger partial charge in [0, 0.05) is 11.1 Å². The summed E-state index contributed by atoms with van der Waals surface area (Å²) in [5.41, 5.74) is 4.02. The van der Waals surface area contributed by atoms with Crippen LogP contribution in [-0.2, 0) is 0 Å². The van der Waals surface area contributed by atoms with Crippen LogP contribution in [-0.4, -0.2) is 6.61 Å². The lowest BCUT2D eigenvalue weighted by atomic mass is 9.84. The van der Waals surface area contributed by atoms with Crippen molar-refractivity contribution in [2.45, 2.75) is 78.1 Å². The van der Waals surface area contributed by atoms with Crippen molar-refractivity contribution in [3.05, 3.63) is 95.8 Å². The molecule has 1 atom stereocenters. The third-order valence-electron chi connectivity index (χ3n) is 7.90. The first kappa shape index (κ1) is 29.7. The second-order valence-corrected chi connectivity index (χ2v) is 10.8. The summed E-state index contributed by atoms with van der Waals surface area (Å²) in [7, 11) is 0. The van der Waals surface area contributed by atoms with Gasteiger partial charge in [0.25, 0.3) is 0 Å². The van der Waals surface area contributed by atoms with Crippen molar-refractivity contribution < 1.29 is 17.9 Å². The molecule has 0 spiro atoms. The van der Waals surface area contributed by atoms with Crippen LogP contribution >= 0.6 is 0 Å². The third kappa shape index (κ3) is 7.68. The summed E-state index contributed by atoms with van der Waals surface area (Å²) >= 11 is 0. The maximum Gasteiger partial charge on any atom is 0.201 e. The Hall–Kier alpha value is -3.27. The van der Waals surface area contributed by atoms with Crippen LogP contribution in [0.5, 0.6) is 5.75 Å². The molecule has 0 bridgehead atoms. The smallest absolute Gasteiger partial charge is 0.201 e. The molecule has 0 aromatic heterocycles. The van der Waals surface area contributed by atoms with Gasteiger partial charge in [-0.05, 0) is 91.8 Å². The van der Waals surface area contributed by atoms with Crippen molar-refractivity contribution in [3.8, 4) is 28.0 Å². The van der Waals surface area contributed by atoms with Crippen molar-refractivity contribution in [1.82, 2.24) is 0 Å². The Bertz CT molecular complexity index is 1310. The molecule has 4 heteroatoms. The molecule has 0 saturated carbocycles. The van der Waals surface area contributed by atoms with Crippen molar-refractivity contribution in [2.75, 3.05) is 6.61 Å². The Kier molecular flexibility index (Phi) is 11.1. The molecule has 212 valence electrons. The van der Waals surface area contributed by atoms with Gasteiger partial charge in [-0.2, -0.15) is 4.39 Å².